The topological polar surface area (TPSA) is 67.8 Å². The molecule has 3 aromatic carbocycles. The zero-order chi connectivity index (χ0) is 18.4. The summed E-state index contributed by atoms with van der Waals surface area (Å²) in [5.41, 5.74) is 6.66. The molecular weight excluding hydrogens is 330 g/mol. The molecule has 3 aromatic rings. The lowest BCUT2D eigenvalue weighted by Gasteiger charge is -2.12. The van der Waals surface area contributed by atoms with Crippen LogP contribution in [0.3, 0.4) is 0 Å². The van der Waals surface area contributed by atoms with E-state index < -0.39 is 5.97 Å². The smallest absolute Gasteiger partial charge is 0.336 e. The minimum atomic E-state index is -0.957. The first-order chi connectivity index (χ1) is 12.7. The van der Waals surface area contributed by atoms with Crippen molar-refractivity contribution < 1.29 is 19.5 Å². The summed E-state index contributed by atoms with van der Waals surface area (Å²) < 4.78 is 5.75. The van der Waals surface area contributed by atoms with Crippen molar-refractivity contribution in [2.75, 3.05) is 12.6 Å². The van der Waals surface area contributed by atoms with Crippen molar-refractivity contribution in [1.29, 1.82) is 0 Å². The molecule has 0 unspecified atom stereocenters. The minimum Gasteiger partial charge on any atom is -0.489 e. The Morgan fingerprint density at radius 1 is 0.962 bits per heavy atom. The first kappa shape index (κ1) is 17.5. The van der Waals surface area contributed by atoms with Crippen LogP contribution in [-0.2, 0) is 11.4 Å². The van der Waals surface area contributed by atoms with Crippen LogP contribution in [0.4, 0.5) is 5.69 Å². The predicted octanol–water partition coefficient (Wildman–Crippen LogP) is 4.60. The summed E-state index contributed by atoms with van der Waals surface area (Å²) in [7, 11) is 1.57. The highest BCUT2D eigenvalue weighted by molar-refractivity contribution is 5.89. The maximum atomic E-state index is 11.2. The van der Waals surface area contributed by atoms with Gasteiger partial charge in [-0.3, -0.25) is 10.3 Å². The van der Waals surface area contributed by atoms with Crippen molar-refractivity contribution in [3.8, 4) is 16.9 Å². The van der Waals surface area contributed by atoms with Crippen LogP contribution in [0.1, 0.15) is 15.9 Å². The summed E-state index contributed by atoms with van der Waals surface area (Å²) in [4.78, 5) is 16.3. The quantitative estimate of drug-likeness (QED) is 0.610. The highest BCUT2D eigenvalue weighted by Crippen LogP contribution is 2.29. The number of ether oxygens (including phenoxy) is 1. The van der Waals surface area contributed by atoms with Crippen molar-refractivity contribution in [2.24, 2.45) is 0 Å². The fourth-order valence-corrected chi connectivity index (χ4v) is 2.68. The lowest BCUT2D eigenvalue weighted by molar-refractivity contribution is 0.0694. The van der Waals surface area contributed by atoms with Gasteiger partial charge in [-0.05, 0) is 29.8 Å². The van der Waals surface area contributed by atoms with E-state index in [1.165, 1.54) is 0 Å². The van der Waals surface area contributed by atoms with Crippen molar-refractivity contribution in [3.05, 3.63) is 83.9 Å². The number of carboxylic acid groups (broad SMARTS) is 1. The zero-order valence-electron chi connectivity index (χ0n) is 14.3. The van der Waals surface area contributed by atoms with E-state index in [2.05, 4.69) is 5.48 Å². The van der Waals surface area contributed by atoms with E-state index in [9.17, 15) is 9.90 Å². The van der Waals surface area contributed by atoms with Crippen LogP contribution in [0, 0.1) is 0 Å². The van der Waals surface area contributed by atoms with E-state index in [1.807, 2.05) is 48.5 Å². The molecule has 0 saturated carbocycles. The predicted molar refractivity (Wildman–Crippen MR) is 100 cm³/mol. The lowest BCUT2D eigenvalue weighted by Crippen LogP contribution is -2.05. The van der Waals surface area contributed by atoms with Gasteiger partial charge in [-0.25, -0.2) is 4.79 Å². The summed E-state index contributed by atoms with van der Waals surface area (Å²) in [5.74, 6) is -0.284. The van der Waals surface area contributed by atoms with Gasteiger partial charge < -0.3 is 9.84 Å². The van der Waals surface area contributed by atoms with Crippen molar-refractivity contribution in [2.45, 2.75) is 6.61 Å². The summed E-state index contributed by atoms with van der Waals surface area (Å²) in [5, 5.41) is 9.22. The Labute approximate surface area is 151 Å². The molecule has 0 spiro atoms. The van der Waals surface area contributed by atoms with Gasteiger partial charge in [0.1, 0.15) is 12.4 Å². The van der Waals surface area contributed by atoms with Gasteiger partial charge in [0, 0.05) is 11.1 Å². The van der Waals surface area contributed by atoms with Crippen LogP contribution in [-0.4, -0.2) is 18.2 Å². The van der Waals surface area contributed by atoms with Crippen molar-refractivity contribution in [3.63, 3.8) is 0 Å². The molecule has 0 fully saturated rings. The minimum absolute atomic E-state index is 0.198. The molecule has 132 valence electrons. The maximum absolute atomic E-state index is 11.2. The Hall–Kier alpha value is -3.31. The molecule has 0 heterocycles. The van der Waals surface area contributed by atoms with E-state index in [-0.39, 0.29) is 12.2 Å². The fraction of sp³-hybridized carbons (Fsp3) is 0.0952. The number of carbonyl (C=O) groups is 1. The Morgan fingerprint density at radius 2 is 1.65 bits per heavy atom. The van der Waals surface area contributed by atoms with Crippen LogP contribution >= 0.6 is 0 Å². The molecule has 0 aliphatic heterocycles. The van der Waals surface area contributed by atoms with Crippen molar-refractivity contribution in [1.82, 2.24) is 0 Å². The van der Waals surface area contributed by atoms with E-state index in [0.717, 1.165) is 16.8 Å². The molecule has 3 rings (SSSR count). The number of benzene rings is 3. The molecule has 0 saturated heterocycles. The van der Waals surface area contributed by atoms with Crippen LogP contribution in [0.25, 0.3) is 11.1 Å². The second-order valence-corrected chi connectivity index (χ2v) is 5.63. The molecule has 5 heteroatoms. The number of anilines is 1. The van der Waals surface area contributed by atoms with E-state index in [0.29, 0.717) is 11.3 Å². The Bertz CT molecular complexity index is 891. The second kappa shape index (κ2) is 8.18. The number of rotatable bonds is 7. The number of aromatic carboxylic acids is 1. The van der Waals surface area contributed by atoms with E-state index >= 15 is 0 Å². The normalized spacial score (nSPS) is 10.3. The maximum Gasteiger partial charge on any atom is 0.336 e. The van der Waals surface area contributed by atoms with Gasteiger partial charge in [-0.1, -0.05) is 48.5 Å². The Morgan fingerprint density at radius 3 is 2.38 bits per heavy atom. The number of nitrogens with one attached hydrogen (secondary N) is 1. The van der Waals surface area contributed by atoms with Gasteiger partial charge in [0.25, 0.3) is 0 Å². The lowest BCUT2D eigenvalue weighted by atomic mass is 10.0. The molecule has 0 atom stereocenters. The molecule has 0 aliphatic carbocycles. The molecule has 5 nitrogen and oxygen atoms in total. The Kier molecular flexibility index (Phi) is 5.51. The molecule has 0 bridgehead atoms. The van der Waals surface area contributed by atoms with E-state index in [4.69, 9.17) is 9.57 Å². The summed E-state index contributed by atoms with van der Waals surface area (Å²) in [6, 6.07) is 22.3. The second-order valence-electron chi connectivity index (χ2n) is 5.63. The molecule has 26 heavy (non-hydrogen) atoms. The summed E-state index contributed by atoms with van der Waals surface area (Å²) in [6.07, 6.45) is 0. The summed E-state index contributed by atoms with van der Waals surface area (Å²) >= 11 is 0. The molecular formula is C21H19NO4. The van der Waals surface area contributed by atoms with Crippen LogP contribution in [0.15, 0.2) is 72.8 Å². The first-order valence-corrected chi connectivity index (χ1v) is 8.11. The standard InChI is InChI=1S/C21H19NO4/c1-25-22-20-9-5-4-7-18(20)15-10-12-17(13-11-15)26-14-16-6-2-3-8-19(16)21(23)24/h2-13,22H,14H2,1H3,(H,23,24). The van der Waals surface area contributed by atoms with Gasteiger partial charge in [0.05, 0.1) is 18.4 Å². The molecule has 0 aliphatic rings. The number of hydrogen-bond acceptors (Lipinski definition) is 4. The van der Waals surface area contributed by atoms with Gasteiger partial charge in [-0.2, -0.15) is 0 Å². The van der Waals surface area contributed by atoms with Gasteiger partial charge in [-0.15, -0.1) is 0 Å². The third-order valence-corrected chi connectivity index (χ3v) is 3.95. The highest BCUT2D eigenvalue weighted by Gasteiger charge is 2.10. The SMILES string of the molecule is CONc1ccccc1-c1ccc(OCc2ccccc2C(=O)O)cc1. The third kappa shape index (κ3) is 4.02. The number of carboxylic acids is 1. The third-order valence-electron chi connectivity index (χ3n) is 3.95. The zero-order valence-corrected chi connectivity index (χ0v) is 14.3. The molecule has 0 radical (unpaired) electrons. The number of para-hydroxylation sites is 1. The Balaban J connectivity index is 1.74. The fourth-order valence-electron chi connectivity index (χ4n) is 2.68. The summed E-state index contributed by atoms with van der Waals surface area (Å²) in [6.45, 7) is 0.198. The van der Waals surface area contributed by atoms with Gasteiger partial charge >= 0.3 is 5.97 Å². The highest BCUT2D eigenvalue weighted by atomic mass is 16.6. The van der Waals surface area contributed by atoms with Crippen LogP contribution in [0.5, 0.6) is 5.75 Å². The van der Waals surface area contributed by atoms with Crippen LogP contribution in [0.2, 0.25) is 0 Å². The van der Waals surface area contributed by atoms with Gasteiger partial charge in [0.15, 0.2) is 0 Å². The molecule has 0 aromatic heterocycles. The average molecular weight is 349 g/mol. The monoisotopic (exact) mass is 349 g/mol. The van der Waals surface area contributed by atoms with Crippen molar-refractivity contribution >= 4 is 11.7 Å². The molecule has 0 amide bonds. The van der Waals surface area contributed by atoms with Gasteiger partial charge in [0.2, 0.25) is 0 Å². The van der Waals surface area contributed by atoms with Crippen LogP contribution < -0.4 is 10.2 Å². The van der Waals surface area contributed by atoms with E-state index in [1.54, 1.807) is 31.4 Å². The number of hydrogen-bond donors (Lipinski definition) is 2. The first-order valence-electron chi connectivity index (χ1n) is 8.11. The average Bonchev–Trinajstić information content (AvgIpc) is 2.68. The largest absolute Gasteiger partial charge is 0.489 e. The molecule has 2 N–H and O–H groups in total.